The molecule has 5 heteroatoms. The zero-order chi connectivity index (χ0) is 12.8. The second-order valence-corrected chi connectivity index (χ2v) is 5.83. The molecule has 1 aromatic heterocycles. The van der Waals surface area contributed by atoms with Crippen molar-refractivity contribution in [3.8, 4) is 0 Å². The summed E-state index contributed by atoms with van der Waals surface area (Å²) in [6.45, 7) is 3.88. The number of hydrogen-bond donors (Lipinski definition) is 2. The van der Waals surface area contributed by atoms with Gasteiger partial charge in [0.2, 0.25) is 5.91 Å². The average Bonchev–Trinajstić information content (AvgIpc) is 3.05. The molecule has 1 amide bonds. The Morgan fingerprint density at radius 1 is 1.72 bits per heavy atom. The molecule has 0 saturated carbocycles. The van der Waals surface area contributed by atoms with Crippen LogP contribution in [0.3, 0.4) is 0 Å². The molecule has 2 N–H and O–H groups in total. The van der Waals surface area contributed by atoms with Gasteiger partial charge in [-0.3, -0.25) is 4.79 Å². The van der Waals surface area contributed by atoms with Crippen LogP contribution in [-0.4, -0.2) is 30.0 Å². The molecular weight excluding hydrogens is 246 g/mol. The zero-order valence-electron chi connectivity index (χ0n) is 10.8. The Morgan fingerprint density at radius 2 is 2.61 bits per heavy atom. The van der Waals surface area contributed by atoms with E-state index in [4.69, 9.17) is 0 Å². The van der Waals surface area contributed by atoms with Crippen molar-refractivity contribution in [3.05, 3.63) is 16.6 Å². The molecule has 1 aromatic rings. The summed E-state index contributed by atoms with van der Waals surface area (Å²) >= 11 is 1.64. The van der Waals surface area contributed by atoms with Crippen LogP contribution in [0.25, 0.3) is 0 Å². The molecule has 0 radical (unpaired) electrons. The lowest BCUT2D eigenvalue weighted by atomic mass is 10.1. The smallest absolute Gasteiger partial charge is 0.220 e. The molecule has 0 spiro atoms. The Balaban J connectivity index is 1.62. The predicted molar refractivity (Wildman–Crippen MR) is 73.8 cm³/mol. The molecule has 100 valence electrons. The van der Waals surface area contributed by atoms with Gasteiger partial charge in [-0.2, -0.15) is 0 Å². The van der Waals surface area contributed by atoms with Gasteiger partial charge in [0.05, 0.1) is 5.01 Å². The highest BCUT2D eigenvalue weighted by molar-refractivity contribution is 7.09. The maximum Gasteiger partial charge on any atom is 0.220 e. The first kappa shape index (κ1) is 13.5. The van der Waals surface area contributed by atoms with Crippen molar-refractivity contribution in [1.29, 1.82) is 0 Å². The molecule has 0 aliphatic carbocycles. The normalized spacial score (nSPS) is 20.8. The molecule has 0 bridgehead atoms. The van der Waals surface area contributed by atoms with E-state index >= 15 is 0 Å². The van der Waals surface area contributed by atoms with Gasteiger partial charge in [-0.15, -0.1) is 11.3 Å². The summed E-state index contributed by atoms with van der Waals surface area (Å²) in [6.07, 6.45) is 5.85. The van der Waals surface area contributed by atoms with E-state index < -0.39 is 0 Å². The van der Waals surface area contributed by atoms with Crippen LogP contribution in [0.4, 0.5) is 0 Å². The van der Waals surface area contributed by atoms with Gasteiger partial charge in [0.1, 0.15) is 0 Å². The van der Waals surface area contributed by atoms with Gasteiger partial charge in [0, 0.05) is 36.5 Å². The molecule has 1 saturated heterocycles. The fraction of sp³-hybridized carbons (Fsp3) is 0.692. The summed E-state index contributed by atoms with van der Waals surface area (Å²) in [5.41, 5.74) is 0. The predicted octanol–water partition coefficient (Wildman–Crippen LogP) is 1.89. The summed E-state index contributed by atoms with van der Waals surface area (Å²) < 4.78 is 0. The van der Waals surface area contributed by atoms with Gasteiger partial charge < -0.3 is 10.6 Å². The fourth-order valence-electron chi connectivity index (χ4n) is 2.23. The summed E-state index contributed by atoms with van der Waals surface area (Å²) in [5.74, 6) is 0.464. The van der Waals surface area contributed by atoms with Crippen molar-refractivity contribution in [1.82, 2.24) is 15.6 Å². The second kappa shape index (κ2) is 6.85. The molecule has 2 atom stereocenters. The third kappa shape index (κ3) is 4.07. The summed E-state index contributed by atoms with van der Waals surface area (Å²) in [4.78, 5) is 16.0. The lowest BCUT2D eigenvalue weighted by Gasteiger charge is -2.12. The van der Waals surface area contributed by atoms with Gasteiger partial charge in [-0.05, 0) is 25.8 Å². The van der Waals surface area contributed by atoms with E-state index in [1.54, 1.807) is 11.3 Å². The second-order valence-electron chi connectivity index (χ2n) is 4.91. The lowest BCUT2D eigenvalue weighted by Crippen LogP contribution is -2.29. The number of rotatable bonds is 6. The number of nitrogens with zero attached hydrogens (tertiary/aromatic N) is 1. The van der Waals surface area contributed by atoms with Gasteiger partial charge in [-0.25, -0.2) is 4.98 Å². The van der Waals surface area contributed by atoms with E-state index in [1.165, 1.54) is 12.8 Å². The minimum atomic E-state index is 0.159. The van der Waals surface area contributed by atoms with E-state index in [1.807, 2.05) is 11.6 Å². The standard InChI is InChI=1S/C13H21N3OS/c1-10(13-15-7-8-18-13)9-16-12(17)5-4-11-3-2-6-14-11/h7-8,10-11,14H,2-6,9H2,1H3,(H,16,17). The van der Waals surface area contributed by atoms with Crippen LogP contribution in [0.1, 0.15) is 43.5 Å². The highest BCUT2D eigenvalue weighted by atomic mass is 32.1. The number of nitrogens with one attached hydrogen (secondary N) is 2. The molecule has 2 unspecified atom stereocenters. The first-order valence-electron chi connectivity index (χ1n) is 6.65. The topological polar surface area (TPSA) is 54.0 Å². The van der Waals surface area contributed by atoms with Gasteiger partial charge in [0.15, 0.2) is 0 Å². The Hall–Kier alpha value is -0.940. The molecule has 1 aliphatic rings. The molecule has 0 aromatic carbocycles. The number of aromatic nitrogens is 1. The highest BCUT2D eigenvalue weighted by Crippen LogP contribution is 2.16. The first-order valence-corrected chi connectivity index (χ1v) is 7.53. The average molecular weight is 267 g/mol. The van der Waals surface area contributed by atoms with Crippen LogP contribution in [0.5, 0.6) is 0 Å². The maximum absolute atomic E-state index is 11.7. The molecule has 2 rings (SSSR count). The van der Waals surface area contributed by atoms with E-state index in [0.717, 1.165) is 18.0 Å². The third-order valence-corrected chi connectivity index (χ3v) is 4.37. The number of carbonyl (C=O) groups excluding carboxylic acids is 1. The maximum atomic E-state index is 11.7. The van der Waals surface area contributed by atoms with E-state index in [0.29, 0.717) is 24.9 Å². The van der Waals surface area contributed by atoms with Crippen molar-refractivity contribution >= 4 is 17.2 Å². The van der Waals surface area contributed by atoms with Gasteiger partial charge in [0.25, 0.3) is 0 Å². The molecular formula is C13H21N3OS. The first-order chi connectivity index (χ1) is 8.75. The quantitative estimate of drug-likeness (QED) is 0.827. The number of hydrogen-bond acceptors (Lipinski definition) is 4. The lowest BCUT2D eigenvalue weighted by molar-refractivity contribution is -0.121. The van der Waals surface area contributed by atoms with Crippen molar-refractivity contribution in [3.63, 3.8) is 0 Å². The summed E-state index contributed by atoms with van der Waals surface area (Å²) in [6, 6.07) is 0.548. The number of thiazole rings is 1. The van der Waals surface area contributed by atoms with Gasteiger partial charge in [-0.1, -0.05) is 6.92 Å². The highest BCUT2D eigenvalue weighted by Gasteiger charge is 2.15. The molecule has 18 heavy (non-hydrogen) atoms. The largest absolute Gasteiger partial charge is 0.355 e. The van der Waals surface area contributed by atoms with Crippen LogP contribution >= 0.6 is 11.3 Å². The Morgan fingerprint density at radius 3 is 3.28 bits per heavy atom. The SMILES string of the molecule is CC(CNC(=O)CCC1CCCN1)c1nccs1. The van der Waals surface area contributed by atoms with Crippen molar-refractivity contribution < 1.29 is 4.79 Å². The third-order valence-electron chi connectivity index (χ3n) is 3.36. The monoisotopic (exact) mass is 267 g/mol. The fourth-order valence-corrected chi connectivity index (χ4v) is 2.93. The Labute approximate surface area is 112 Å². The summed E-state index contributed by atoms with van der Waals surface area (Å²) in [7, 11) is 0. The van der Waals surface area contributed by atoms with E-state index in [9.17, 15) is 4.79 Å². The zero-order valence-corrected chi connectivity index (χ0v) is 11.6. The minimum absolute atomic E-state index is 0.159. The molecule has 1 fully saturated rings. The molecule has 1 aliphatic heterocycles. The molecule has 4 nitrogen and oxygen atoms in total. The minimum Gasteiger partial charge on any atom is -0.355 e. The number of carbonyl (C=O) groups is 1. The van der Waals surface area contributed by atoms with Gasteiger partial charge >= 0.3 is 0 Å². The Kier molecular flexibility index (Phi) is 5.13. The number of amides is 1. The van der Waals surface area contributed by atoms with Crippen molar-refractivity contribution in [2.75, 3.05) is 13.1 Å². The summed E-state index contributed by atoms with van der Waals surface area (Å²) in [5, 5.41) is 9.47. The molecule has 2 heterocycles. The van der Waals surface area contributed by atoms with E-state index in [2.05, 4.69) is 22.5 Å². The van der Waals surface area contributed by atoms with Crippen LogP contribution in [0.2, 0.25) is 0 Å². The van der Waals surface area contributed by atoms with Crippen molar-refractivity contribution in [2.45, 2.75) is 44.6 Å². The van der Waals surface area contributed by atoms with E-state index in [-0.39, 0.29) is 5.91 Å². The van der Waals surface area contributed by atoms with Crippen LogP contribution in [-0.2, 0) is 4.79 Å². The van der Waals surface area contributed by atoms with Crippen LogP contribution in [0.15, 0.2) is 11.6 Å². The Bertz CT molecular complexity index is 360. The van der Waals surface area contributed by atoms with Crippen LogP contribution < -0.4 is 10.6 Å². The van der Waals surface area contributed by atoms with Crippen molar-refractivity contribution in [2.24, 2.45) is 0 Å². The van der Waals surface area contributed by atoms with Crippen LogP contribution in [0, 0.1) is 0 Å².